The molecule has 3 rings (SSSR count). The Kier molecular flexibility index (Phi) is 6.77. The van der Waals surface area contributed by atoms with Gasteiger partial charge < -0.3 is 24.5 Å². The number of aliphatic carboxylic acids is 1. The van der Waals surface area contributed by atoms with Gasteiger partial charge in [-0.1, -0.05) is 0 Å². The molecule has 0 saturated carbocycles. The van der Waals surface area contributed by atoms with Gasteiger partial charge in [-0.05, 0) is 37.5 Å². The molecule has 2 atom stereocenters. The van der Waals surface area contributed by atoms with Crippen LogP contribution in [0.4, 0.5) is 4.39 Å². The largest absolute Gasteiger partial charge is 0.491 e. The third-order valence-electron chi connectivity index (χ3n) is 5.80. The fraction of sp³-hybridized carbons (Fsp3) is 0.524. The molecule has 2 aliphatic heterocycles. The first-order valence-corrected chi connectivity index (χ1v) is 10.1. The Hall–Kier alpha value is -3.17. The van der Waals surface area contributed by atoms with Crippen LogP contribution in [0.2, 0.25) is 0 Å². The van der Waals surface area contributed by atoms with Gasteiger partial charge in [0.25, 0.3) is 5.91 Å². The van der Waals surface area contributed by atoms with Crippen molar-refractivity contribution in [2.24, 2.45) is 0 Å². The zero-order chi connectivity index (χ0) is 22.7. The number of hydrogen-bond acceptors (Lipinski definition) is 5. The minimum absolute atomic E-state index is 0.0986. The zero-order valence-corrected chi connectivity index (χ0v) is 17.5. The van der Waals surface area contributed by atoms with Gasteiger partial charge in [0.2, 0.25) is 11.8 Å². The van der Waals surface area contributed by atoms with Crippen LogP contribution in [-0.2, 0) is 14.4 Å². The van der Waals surface area contributed by atoms with Gasteiger partial charge in [-0.3, -0.25) is 14.4 Å². The number of hydrogen-bond donors (Lipinski definition) is 1. The Morgan fingerprint density at radius 1 is 1.16 bits per heavy atom. The van der Waals surface area contributed by atoms with Crippen molar-refractivity contribution in [1.29, 1.82) is 0 Å². The molecule has 2 heterocycles. The second kappa shape index (κ2) is 9.32. The molecule has 0 radical (unpaired) electrons. The SMILES string of the molecule is CN1CC(=O)N2CCC[C@H]2COc2ccc(F)cc2C(=O)N(C)C(C(=O)O)CCC1=O. The highest BCUT2D eigenvalue weighted by atomic mass is 19.1. The van der Waals surface area contributed by atoms with Crippen molar-refractivity contribution in [3.8, 4) is 5.75 Å². The van der Waals surface area contributed by atoms with Crippen molar-refractivity contribution in [3.05, 3.63) is 29.6 Å². The van der Waals surface area contributed by atoms with E-state index in [-0.39, 0.29) is 49.3 Å². The number of nitrogens with zero attached hydrogens (tertiary/aromatic N) is 3. The minimum atomic E-state index is -1.30. The quantitative estimate of drug-likeness (QED) is 0.705. The monoisotopic (exact) mass is 435 g/mol. The van der Waals surface area contributed by atoms with Crippen molar-refractivity contribution in [2.45, 2.75) is 37.8 Å². The Bertz CT molecular complexity index is 892. The van der Waals surface area contributed by atoms with Crippen LogP contribution in [0.1, 0.15) is 36.0 Å². The van der Waals surface area contributed by atoms with Gasteiger partial charge in [0.15, 0.2) is 0 Å². The van der Waals surface area contributed by atoms with E-state index in [2.05, 4.69) is 0 Å². The van der Waals surface area contributed by atoms with Gasteiger partial charge in [0.05, 0.1) is 18.2 Å². The van der Waals surface area contributed by atoms with E-state index in [1.807, 2.05) is 0 Å². The molecule has 1 unspecified atom stereocenters. The lowest BCUT2D eigenvalue weighted by atomic mass is 10.1. The lowest BCUT2D eigenvalue weighted by Crippen LogP contribution is -2.45. The van der Waals surface area contributed by atoms with E-state index in [0.29, 0.717) is 13.0 Å². The van der Waals surface area contributed by atoms with E-state index in [1.165, 1.54) is 25.1 Å². The molecule has 1 fully saturated rings. The fourth-order valence-electron chi connectivity index (χ4n) is 3.97. The highest BCUT2D eigenvalue weighted by Gasteiger charge is 2.33. The molecule has 3 amide bonds. The van der Waals surface area contributed by atoms with Gasteiger partial charge in [0.1, 0.15) is 24.2 Å². The molecule has 31 heavy (non-hydrogen) atoms. The van der Waals surface area contributed by atoms with E-state index in [0.717, 1.165) is 23.5 Å². The number of rotatable bonds is 1. The molecule has 9 nitrogen and oxygen atoms in total. The van der Waals surface area contributed by atoms with Gasteiger partial charge >= 0.3 is 5.97 Å². The fourth-order valence-corrected chi connectivity index (χ4v) is 3.97. The number of likely N-dealkylation sites (N-methyl/N-ethyl adjacent to an activating group) is 2. The summed E-state index contributed by atoms with van der Waals surface area (Å²) in [6, 6.07) is 1.94. The van der Waals surface area contributed by atoms with Crippen LogP contribution in [-0.4, -0.2) is 89.4 Å². The second-order valence-electron chi connectivity index (χ2n) is 7.89. The number of carboxylic acid groups (broad SMARTS) is 1. The van der Waals surface area contributed by atoms with E-state index < -0.39 is 29.6 Å². The number of carbonyl (C=O) groups is 4. The molecule has 0 spiro atoms. The van der Waals surface area contributed by atoms with Crippen molar-refractivity contribution in [1.82, 2.24) is 14.7 Å². The summed E-state index contributed by atoms with van der Waals surface area (Å²) in [6.45, 7) is 0.513. The smallest absolute Gasteiger partial charge is 0.326 e. The van der Waals surface area contributed by atoms with E-state index in [1.54, 1.807) is 4.90 Å². The Morgan fingerprint density at radius 3 is 2.61 bits per heavy atom. The summed E-state index contributed by atoms with van der Waals surface area (Å²) in [4.78, 5) is 53.9. The highest BCUT2D eigenvalue weighted by molar-refractivity contribution is 5.99. The summed E-state index contributed by atoms with van der Waals surface area (Å²) >= 11 is 0. The molecule has 0 aliphatic carbocycles. The van der Waals surface area contributed by atoms with Gasteiger partial charge in [-0.15, -0.1) is 0 Å². The second-order valence-corrected chi connectivity index (χ2v) is 7.89. The molecule has 2 aliphatic rings. The van der Waals surface area contributed by atoms with E-state index >= 15 is 0 Å². The Balaban J connectivity index is 1.97. The molecule has 0 aromatic heterocycles. The van der Waals surface area contributed by atoms with Crippen molar-refractivity contribution >= 4 is 23.7 Å². The van der Waals surface area contributed by atoms with E-state index in [9.17, 15) is 28.7 Å². The number of benzene rings is 1. The lowest BCUT2D eigenvalue weighted by Gasteiger charge is -2.27. The average Bonchev–Trinajstić information content (AvgIpc) is 3.19. The lowest BCUT2D eigenvalue weighted by molar-refractivity contribution is -0.143. The van der Waals surface area contributed by atoms with Crippen molar-refractivity contribution in [3.63, 3.8) is 0 Å². The maximum Gasteiger partial charge on any atom is 0.326 e. The maximum absolute atomic E-state index is 13.9. The van der Waals surface area contributed by atoms with Crippen molar-refractivity contribution in [2.75, 3.05) is 33.8 Å². The molecule has 1 aromatic carbocycles. The number of carboxylic acids is 1. The average molecular weight is 435 g/mol. The predicted molar refractivity (Wildman–Crippen MR) is 107 cm³/mol. The van der Waals surface area contributed by atoms with Gasteiger partial charge in [-0.2, -0.15) is 0 Å². The third kappa shape index (κ3) is 4.95. The summed E-state index contributed by atoms with van der Waals surface area (Å²) in [7, 11) is 2.79. The Labute approximate surface area is 179 Å². The zero-order valence-electron chi connectivity index (χ0n) is 17.5. The summed E-state index contributed by atoms with van der Waals surface area (Å²) < 4.78 is 19.7. The Morgan fingerprint density at radius 2 is 1.90 bits per heavy atom. The first-order valence-electron chi connectivity index (χ1n) is 10.1. The van der Waals surface area contributed by atoms with E-state index in [4.69, 9.17) is 4.74 Å². The van der Waals surface area contributed by atoms with Crippen LogP contribution in [0.3, 0.4) is 0 Å². The molecule has 0 bridgehead atoms. The standard InChI is InChI=1S/C21H26FN3O6/c1-23-11-19(27)25-9-3-4-14(25)12-31-17-7-5-13(22)10-15(17)20(28)24(2)16(21(29)30)6-8-18(23)26/h5,7,10,14,16H,3-4,6,8-9,11-12H2,1-2H3,(H,29,30)/t14-,16?/m0/s1. The van der Waals surface area contributed by atoms with Crippen LogP contribution in [0.15, 0.2) is 18.2 Å². The number of amides is 3. The van der Waals surface area contributed by atoms with Gasteiger partial charge in [0, 0.05) is 27.1 Å². The summed E-state index contributed by atoms with van der Waals surface area (Å²) in [5.74, 6) is -3.18. The third-order valence-corrected chi connectivity index (χ3v) is 5.80. The maximum atomic E-state index is 13.9. The van der Waals surface area contributed by atoms with Crippen LogP contribution < -0.4 is 4.74 Å². The van der Waals surface area contributed by atoms with Crippen LogP contribution >= 0.6 is 0 Å². The minimum Gasteiger partial charge on any atom is -0.491 e. The number of carbonyl (C=O) groups excluding carboxylic acids is 3. The van der Waals surface area contributed by atoms with Crippen LogP contribution in [0.5, 0.6) is 5.75 Å². The number of halogens is 1. The summed E-state index contributed by atoms with van der Waals surface area (Å²) in [5.41, 5.74) is -0.108. The number of ether oxygens (including phenoxy) is 1. The predicted octanol–water partition coefficient (Wildman–Crippen LogP) is 0.973. The molecule has 1 N–H and O–H groups in total. The highest BCUT2D eigenvalue weighted by Crippen LogP contribution is 2.25. The van der Waals surface area contributed by atoms with Gasteiger partial charge in [-0.25, -0.2) is 9.18 Å². The van der Waals surface area contributed by atoms with Crippen molar-refractivity contribution < 1.29 is 33.4 Å². The van der Waals surface area contributed by atoms with Crippen LogP contribution in [0, 0.1) is 5.82 Å². The molecule has 168 valence electrons. The molecular weight excluding hydrogens is 409 g/mol. The first kappa shape index (κ1) is 22.5. The molecule has 10 heteroatoms. The summed E-state index contributed by atoms with van der Waals surface area (Å²) in [5, 5.41) is 9.60. The molecular formula is C21H26FN3O6. The summed E-state index contributed by atoms with van der Waals surface area (Å²) in [6.07, 6.45) is 1.19. The molecule has 1 saturated heterocycles. The number of fused-ring (bicyclic) bond motifs is 2. The first-order chi connectivity index (χ1) is 14.7. The topological polar surface area (TPSA) is 107 Å². The van der Waals surface area contributed by atoms with Crippen LogP contribution in [0.25, 0.3) is 0 Å². The normalized spacial score (nSPS) is 23.6. The molecule has 1 aromatic rings.